The number of hydrogen-bond donors (Lipinski definition) is 1. The predicted octanol–water partition coefficient (Wildman–Crippen LogP) is 2.77. The van der Waals surface area contributed by atoms with Gasteiger partial charge in [-0.3, -0.25) is 19.7 Å². The number of nitrogens with zero attached hydrogens (tertiary/aromatic N) is 3. The lowest BCUT2D eigenvalue weighted by Crippen LogP contribution is -2.51. The van der Waals surface area contributed by atoms with Crippen molar-refractivity contribution in [3.8, 4) is 0 Å². The molecule has 2 heterocycles. The number of benzene rings is 1. The van der Waals surface area contributed by atoms with Gasteiger partial charge in [0.1, 0.15) is 12.1 Å². The van der Waals surface area contributed by atoms with Gasteiger partial charge in [-0.05, 0) is 46.1 Å². The smallest absolute Gasteiger partial charge is 0.269 e. The van der Waals surface area contributed by atoms with E-state index in [0.717, 1.165) is 18.5 Å². The summed E-state index contributed by atoms with van der Waals surface area (Å²) in [6.07, 6.45) is 2.30. The predicted molar refractivity (Wildman–Crippen MR) is 106 cm³/mol. The third-order valence-electron chi connectivity index (χ3n) is 5.17. The standard InChI is InChI=1S/C20H28N4O4/c1-5-10-23-17(18(25)21-20(2,3)4)14-12-13(24(27)28)8-9-15(14)22-11-6-7-16(22)19(23)26/h8-9,12,16-17H,5-7,10-11H2,1-4H3,(H,21,25)/t16-,17+/m0/s1. The minimum absolute atomic E-state index is 0.0751. The first-order valence-corrected chi connectivity index (χ1v) is 9.81. The van der Waals surface area contributed by atoms with E-state index in [1.54, 1.807) is 11.0 Å². The molecule has 0 aliphatic carbocycles. The van der Waals surface area contributed by atoms with Gasteiger partial charge in [-0.15, -0.1) is 0 Å². The Morgan fingerprint density at radius 3 is 2.68 bits per heavy atom. The number of anilines is 1. The van der Waals surface area contributed by atoms with Crippen molar-refractivity contribution in [2.24, 2.45) is 0 Å². The van der Waals surface area contributed by atoms with Crippen LogP contribution >= 0.6 is 0 Å². The Hall–Kier alpha value is -2.64. The number of nitrogens with one attached hydrogen (secondary N) is 1. The van der Waals surface area contributed by atoms with Crippen molar-refractivity contribution >= 4 is 23.2 Å². The van der Waals surface area contributed by atoms with Crippen LogP contribution in [0.4, 0.5) is 11.4 Å². The van der Waals surface area contributed by atoms with E-state index in [9.17, 15) is 19.7 Å². The molecule has 8 heteroatoms. The van der Waals surface area contributed by atoms with E-state index in [-0.39, 0.29) is 23.5 Å². The molecule has 2 aliphatic heterocycles. The molecule has 0 unspecified atom stereocenters. The number of fused-ring (bicyclic) bond motifs is 3. The summed E-state index contributed by atoms with van der Waals surface area (Å²) in [5, 5.41) is 14.3. The van der Waals surface area contributed by atoms with Crippen LogP contribution in [-0.4, -0.2) is 46.3 Å². The normalized spacial score (nSPS) is 21.8. The Bertz CT molecular complexity index is 802. The van der Waals surface area contributed by atoms with Crippen LogP contribution in [0.25, 0.3) is 0 Å². The van der Waals surface area contributed by atoms with E-state index in [1.165, 1.54) is 12.1 Å². The van der Waals surface area contributed by atoms with Gasteiger partial charge in [-0.2, -0.15) is 0 Å². The van der Waals surface area contributed by atoms with Crippen LogP contribution < -0.4 is 10.2 Å². The van der Waals surface area contributed by atoms with Crippen LogP contribution in [0.15, 0.2) is 18.2 Å². The Morgan fingerprint density at radius 2 is 2.07 bits per heavy atom. The molecule has 0 aromatic heterocycles. The summed E-state index contributed by atoms with van der Waals surface area (Å²) in [4.78, 5) is 41.2. The molecule has 0 saturated carbocycles. The number of nitro benzene ring substituents is 1. The van der Waals surface area contributed by atoms with Crippen molar-refractivity contribution in [3.63, 3.8) is 0 Å². The summed E-state index contributed by atoms with van der Waals surface area (Å²) in [7, 11) is 0. The summed E-state index contributed by atoms with van der Waals surface area (Å²) in [5.41, 5.74) is 0.714. The molecule has 2 atom stereocenters. The Kier molecular flexibility index (Phi) is 5.32. The molecule has 1 aromatic rings. The van der Waals surface area contributed by atoms with E-state index < -0.39 is 16.5 Å². The first-order chi connectivity index (χ1) is 13.1. The number of non-ortho nitro benzene ring substituents is 1. The zero-order valence-electron chi connectivity index (χ0n) is 16.9. The number of hydrogen-bond acceptors (Lipinski definition) is 5. The fraction of sp³-hybridized carbons (Fsp3) is 0.600. The van der Waals surface area contributed by atoms with Crippen molar-refractivity contribution in [2.45, 2.75) is 64.6 Å². The summed E-state index contributed by atoms with van der Waals surface area (Å²) in [6.45, 7) is 8.71. The van der Waals surface area contributed by atoms with E-state index in [4.69, 9.17) is 0 Å². The van der Waals surface area contributed by atoms with E-state index in [1.807, 2.05) is 32.6 Å². The molecule has 1 fully saturated rings. The highest BCUT2D eigenvalue weighted by Crippen LogP contribution is 2.41. The zero-order valence-corrected chi connectivity index (χ0v) is 16.9. The summed E-state index contributed by atoms with van der Waals surface area (Å²) >= 11 is 0. The third-order valence-corrected chi connectivity index (χ3v) is 5.17. The average Bonchev–Trinajstić information content (AvgIpc) is 3.05. The fourth-order valence-electron chi connectivity index (χ4n) is 4.14. The highest BCUT2D eigenvalue weighted by molar-refractivity contribution is 5.96. The molecule has 3 rings (SSSR count). The summed E-state index contributed by atoms with van der Waals surface area (Å²) in [6, 6.07) is 3.39. The highest BCUT2D eigenvalue weighted by atomic mass is 16.6. The first-order valence-electron chi connectivity index (χ1n) is 9.81. The fourth-order valence-corrected chi connectivity index (χ4v) is 4.14. The van der Waals surface area contributed by atoms with Gasteiger partial charge in [0, 0.05) is 42.0 Å². The van der Waals surface area contributed by atoms with Crippen LogP contribution in [0, 0.1) is 10.1 Å². The van der Waals surface area contributed by atoms with Gasteiger partial charge >= 0.3 is 0 Å². The topological polar surface area (TPSA) is 95.8 Å². The van der Waals surface area contributed by atoms with Gasteiger partial charge in [0.25, 0.3) is 5.69 Å². The van der Waals surface area contributed by atoms with E-state index >= 15 is 0 Å². The monoisotopic (exact) mass is 388 g/mol. The van der Waals surface area contributed by atoms with Crippen molar-refractivity contribution < 1.29 is 14.5 Å². The molecule has 2 amide bonds. The van der Waals surface area contributed by atoms with Gasteiger partial charge in [-0.25, -0.2) is 0 Å². The summed E-state index contributed by atoms with van der Waals surface area (Å²) < 4.78 is 0. The lowest BCUT2D eigenvalue weighted by Gasteiger charge is -2.33. The second-order valence-corrected chi connectivity index (χ2v) is 8.53. The molecule has 0 spiro atoms. The minimum Gasteiger partial charge on any atom is -0.359 e. The summed E-state index contributed by atoms with van der Waals surface area (Å²) in [5.74, 6) is -0.385. The van der Waals surface area contributed by atoms with Crippen LogP contribution in [0.1, 0.15) is 58.6 Å². The lowest BCUT2D eigenvalue weighted by atomic mass is 9.99. The molecular weight excluding hydrogens is 360 g/mol. The number of carbonyl (C=O) groups excluding carboxylic acids is 2. The molecule has 0 bridgehead atoms. The SMILES string of the molecule is CCCN1C(=O)[C@@H]2CCCN2c2ccc([N+](=O)[O-])cc2[C@@H]1C(=O)NC(C)(C)C. The molecule has 0 radical (unpaired) electrons. The quantitative estimate of drug-likeness (QED) is 0.632. The average molecular weight is 388 g/mol. The maximum absolute atomic E-state index is 13.4. The number of rotatable bonds is 4. The first kappa shape index (κ1) is 20.1. The third kappa shape index (κ3) is 3.68. The zero-order chi connectivity index (χ0) is 20.6. The molecule has 8 nitrogen and oxygen atoms in total. The van der Waals surface area contributed by atoms with Crippen molar-refractivity contribution in [1.29, 1.82) is 0 Å². The molecule has 152 valence electrons. The van der Waals surface area contributed by atoms with Crippen molar-refractivity contribution in [1.82, 2.24) is 10.2 Å². The van der Waals surface area contributed by atoms with Crippen LogP contribution in [0.5, 0.6) is 0 Å². The number of nitro groups is 1. The van der Waals surface area contributed by atoms with Crippen LogP contribution in [-0.2, 0) is 9.59 Å². The van der Waals surface area contributed by atoms with Crippen LogP contribution in [0.2, 0.25) is 0 Å². The van der Waals surface area contributed by atoms with Gasteiger partial charge in [0.05, 0.1) is 4.92 Å². The van der Waals surface area contributed by atoms with Gasteiger partial charge in [-0.1, -0.05) is 6.92 Å². The Labute approximate surface area is 165 Å². The molecule has 28 heavy (non-hydrogen) atoms. The largest absolute Gasteiger partial charge is 0.359 e. The molecule has 2 aliphatic rings. The highest BCUT2D eigenvalue weighted by Gasteiger charge is 2.45. The number of carbonyl (C=O) groups is 2. The van der Waals surface area contributed by atoms with Gasteiger partial charge in [0.15, 0.2) is 0 Å². The Morgan fingerprint density at radius 1 is 1.36 bits per heavy atom. The molecular formula is C20H28N4O4. The Balaban J connectivity index is 2.19. The second kappa shape index (κ2) is 7.41. The van der Waals surface area contributed by atoms with Crippen molar-refractivity contribution in [3.05, 3.63) is 33.9 Å². The minimum atomic E-state index is -0.882. The second-order valence-electron chi connectivity index (χ2n) is 8.53. The van der Waals surface area contributed by atoms with Gasteiger partial charge < -0.3 is 15.1 Å². The maximum atomic E-state index is 13.4. The van der Waals surface area contributed by atoms with E-state index in [2.05, 4.69) is 5.32 Å². The molecule has 1 saturated heterocycles. The molecule has 1 N–H and O–H groups in total. The van der Waals surface area contributed by atoms with Crippen LogP contribution in [0.3, 0.4) is 0 Å². The lowest BCUT2D eigenvalue weighted by molar-refractivity contribution is -0.384. The van der Waals surface area contributed by atoms with Crippen molar-refractivity contribution in [2.75, 3.05) is 18.0 Å². The van der Waals surface area contributed by atoms with E-state index in [0.29, 0.717) is 25.1 Å². The number of amides is 2. The molecule has 1 aromatic carbocycles. The maximum Gasteiger partial charge on any atom is 0.269 e. The van der Waals surface area contributed by atoms with Gasteiger partial charge in [0.2, 0.25) is 11.8 Å².